The van der Waals surface area contributed by atoms with E-state index in [2.05, 4.69) is 5.32 Å². The third-order valence-corrected chi connectivity index (χ3v) is 6.68. The largest absolute Gasteiger partial charge is 0.325 e. The standard InChI is InChI=1S/C24H24N2O4S/c1-26(31(29,30)20-13-6-3-7-14-20)18-10-17-23(27)25-22-16-9-8-15-21(22)24(28)19-11-4-2-5-12-19/h2-9,11-16H,10,17-18H2,1H3,(H,25,27). The number of hydrogen-bond acceptors (Lipinski definition) is 4. The van der Waals surface area contributed by atoms with Crippen LogP contribution in [0.1, 0.15) is 28.8 Å². The number of sulfonamides is 1. The van der Waals surface area contributed by atoms with Gasteiger partial charge in [-0.25, -0.2) is 12.7 Å². The van der Waals surface area contributed by atoms with E-state index in [4.69, 9.17) is 0 Å². The number of rotatable bonds is 9. The molecule has 160 valence electrons. The van der Waals surface area contributed by atoms with Crippen LogP contribution >= 0.6 is 0 Å². The van der Waals surface area contributed by atoms with Crippen LogP contribution in [0.4, 0.5) is 5.69 Å². The lowest BCUT2D eigenvalue weighted by atomic mass is 10.0. The summed E-state index contributed by atoms with van der Waals surface area (Å²) < 4.78 is 26.3. The molecule has 0 unspecified atom stereocenters. The number of nitrogens with zero attached hydrogens (tertiary/aromatic N) is 1. The highest BCUT2D eigenvalue weighted by molar-refractivity contribution is 7.89. The Morgan fingerprint density at radius 2 is 1.42 bits per heavy atom. The highest BCUT2D eigenvalue weighted by atomic mass is 32.2. The predicted molar refractivity (Wildman–Crippen MR) is 120 cm³/mol. The van der Waals surface area contributed by atoms with E-state index in [0.717, 1.165) is 0 Å². The fourth-order valence-corrected chi connectivity index (χ4v) is 4.33. The summed E-state index contributed by atoms with van der Waals surface area (Å²) in [7, 11) is -2.09. The predicted octanol–water partition coefficient (Wildman–Crippen LogP) is 3.96. The Kier molecular flexibility index (Phi) is 7.33. The Hall–Kier alpha value is -3.29. The molecule has 3 rings (SSSR count). The summed E-state index contributed by atoms with van der Waals surface area (Å²) in [4.78, 5) is 25.4. The van der Waals surface area contributed by atoms with Gasteiger partial charge in [-0.05, 0) is 30.7 Å². The van der Waals surface area contributed by atoms with Crippen molar-refractivity contribution < 1.29 is 18.0 Å². The molecule has 0 aliphatic carbocycles. The molecule has 0 aliphatic heterocycles. The fraction of sp³-hybridized carbons (Fsp3) is 0.167. The second kappa shape index (κ2) is 10.1. The minimum atomic E-state index is -3.59. The van der Waals surface area contributed by atoms with Crippen LogP contribution in [0.2, 0.25) is 0 Å². The summed E-state index contributed by atoms with van der Waals surface area (Å²) in [5.74, 6) is -0.455. The molecule has 1 amide bonds. The molecule has 0 saturated heterocycles. The summed E-state index contributed by atoms with van der Waals surface area (Å²) in [6, 6.07) is 23.9. The molecule has 0 bridgehead atoms. The molecule has 0 fully saturated rings. The normalized spacial score (nSPS) is 11.3. The van der Waals surface area contributed by atoms with Crippen molar-refractivity contribution >= 4 is 27.4 Å². The molecule has 3 aromatic rings. The van der Waals surface area contributed by atoms with E-state index < -0.39 is 10.0 Å². The highest BCUT2D eigenvalue weighted by Gasteiger charge is 2.20. The third-order valence-electron chi connectivity index (χ3n) is 4.81. The number of para-hydroxylation sites is 1. The molecule has 7 heteroatoms. The fourth-order valence-electron chi connectivity index (χ4n) is 3.10. The van der Waals surface area contributed by atoms with Gasteiger partial charge in [0.25, 0.3) is 0 Å². The van der Waals surface area contributed by atoms with E-state index in [9.17, 15) is 18.0 Å². The van der Waals surface area contributed by atoms with E-state index in [1.54, 1.807) is 78.9 Å². The molecule has 31 heavy (non-hydrogen) atoms. The van der Waals surface area contributed by atoms with E-state index in [-0.39, 0.29) is 29.6 Å². The maximum Gasteiger partial charge on any atom is 0.242 e. The van der Waals surface area contributed by atoms with E-state index in [1.165, 1.54) is 11.4 Å². The number of amides is 1. The molecule has 0 aliphatic rings. The zero-order chi connectivity index (χ0) is 22.3. The maximum atomic E-state index is 12.8. The first kappa shape index (κ1) is 22.4. The Balaban J connectivity index is 1.59. The molecule has 3 aromatic carbocycles. The monoisotopic (exact) mass is 436 g/mol. The van der Waals surface area contributed by atoms with Crippen LogP contribution in [0, 0.1) is 0 Å². The van der Waals surface area contributed by atoms with Crippen LogP contribution in [0.3, 0.4) is 0 Å². The van der Waals surface area contributed by atoms with Crippen molar-refractivity contribution in [3.05, 3.63) is 96.1 Å². The van der Waals surface area contributed by atoms with Gasteiger partial charge in [-0.1, -0.05) is 60.7 Å². The number of carbonyl (C=O) groups is 2. The zero-order valence-corrected chi connectivity index (χ0v) is 18.0. The average Bonchev–Trinajstić information content (AvgIpc) is 2.80. The van der Waals surface area contributed by atoms with E-state index in [1.807, 2.05) is 6.07 Å². The third kappa shape index (κ3) is 5.65. The molecule has 0 aromatic heterocycles. The number of ketones is 1. The Morgan fingerprint density at radius 1 is 0.839 bits per heavy atom. The Morgan fingerprint density at radius 3 is 2.10 bits per heavy atom. The SMILES string of the molecule is CN(CCCC(=O)Nc1ccccc1C(=O)c1ccccc1)S(=O)(=O)c1ccccc1. The van der Waals surface area contributed by atoms with Gasteiger partial charge in [0, 0.05) is 31.1 Å². The molecule has 1 N–H and O–H groups in total. The van der Waals surface area contributed by atoms with Gasteiger partial charge < -0.3 is 5.32 Å². The van der Waals surface area contributed by atoms with Crippen molar-refractivity contribution in [1.29, 1.82) is 0 Å². The maximum absolute atomic E-state index is 12.8. The quantitative estimate of drug-likeness (QED) is 0.515. The number of anilines is 1. The Bertz CT molecular complexity index is 1150. The zero-order valence-electron chi connectivity index (χ0n) is 17.2. The highest BCUT2D eigenvalue weighted by Crippen LogP contribution is 2.20. The molecular weight excluding hydrogens is 412 g/mol. The summed E-state index contributed by atoms with van der Waals surface area (Å²) >= 11 is 0. The van der Waals surface area contributed by atoms with Crippen LogP contribution in [-0.4, -0.2) is 38.0 Å². The smallest absolute Gasteiger partial charge is 0.242 e. The second-order valence-corrected chi connectivity index (χ2v) is 9.08. The van der Waals surface area contributed by atoms with Crippen molar-refractivity contribution in [1.82, 2.24) is 4.31 Å². The van der Waals surface area contributed by atoms with Crippen LogP contribution < -0.4 is 5.32 Å². The summed E-state index contributed by atoms with van der Waals surface area (Å²) in [6.07, 6.45) is 0.478. The van der Waals surface area contributed by atoms with Crippen LogP contribution in [0.25, 0.3) is 0 Å². The topological polar surface area (TPSA) is 83.6 Å². The van der Waals surface area contributed by atoms with Crippen molar-refractivity contribution in [2.75, 3.05) is 18.9 Å². The average molecular weight is 437 g/mol. The van der Waals surface area contributed by atoms with Crippen molar-refractivity contribution in [3.63, 3.8) is 0 Å². The van der Waals surface area contributed by atoms with Crippen molar-refractivity contribution in [3.8, 4) is 0 Å². The summed E-state index contributed by atoms with van der Waals surface area (Å²) in [5.41, 5.74) is 1.38. The number of carbonyl (C=O) groups excluding carboxylic acids is 2. The second-order valence-electron chi connectivity index (χ2n) is 7.03. The molecule has 6 nitrogen and oxygen atoms in total. The van der Waals surface area contributed by atoms with Gasteiger partial charge in [-0.15, -0.1) is 0 Å². The number of nitrogens with one attached hydrogen (secondary N) is 1. The minimum absolute atomic E-state index is 0.127. The first-order valence-electron chi connectivity index (χ1n) is 9.89. The molecule has 0 saturated carbocycles. The molecule has 0 atom stereocenters. The first-order chi connectivity index (χ1) is 14.9. The molecule has 0 spiro atoms. The van der Waals surface area contributed by atoms with Crippen LogP contribution in [-0.2, 0) is 14.8 Å². The van der Waals surface area contributed by atoms with Crippen molar-refractivity contribution in [2.24, 2.45) is 0 Å². The van der Waals surface area contributed by atoms with Gasteiger partial charge in [0.1, 0.15) is 0 Å². The van der Waals surface area contributed by atoms with Gasteiger partial charge in [0.05, 0.1) is 10.6 Å². The van der Waals surface area contributed by atoms with E-state index >= 15 is 0 Å². The van der Waals surface area contributed by atoms with Gasteiger partial charge in [0.15, 0.2) is 5.78 Å². The minimum Gasteiger partial charge on any atom is -0.325 e. The summed E-state index contributed by atoms with van der Waals surface area (Å²) in [6.45, 7) is 0.204. The Labute approximate surface area is 182 Å². The van der Waals surface area contributed by atoms with E-state index in [0.29, 0.717) is 23.2 Å². The van der Waals surface area contributed by atoms with Gasteiger partial charge in [-0.2, -0.15) is 0 Å². The molecule has 0 heterocycles. The lowest BCUT2D eigenvalue weighted by Gasteiger charge is -2.17. The molecule has 0 radical (unpaired) electrons. The lowest BCUT2D eigenvalue weighted by Crippen LogP contribution is -2.28. The van der Waals surface area contributed by atoms with Gasteiger partial charge >= 0.3 is 0 Å². The van der Waals surface area contributed by atoms with Crippen LogP contribution in [0.5, 0.6) is 0 Å². The summed E-state index contributed by atoms with van der Waals surface area (Å²) in [5, 5.41) is 2.78. The number of hydrogen-bond donors (Lipinski definition) is 1. The van der Waals surface area contributed by atoms with Crippen LogP contribution in [0.15, 0.2) is 89.8 Å². The number of benzene rings is 3. The van der Waals surface area contributed by atoms with Gasteiger partial charge in [-0.3, -0.25) is 9.59 Å². The lowest BCUT2D eigenvalue weighted by molar-refractivity contribution is -0.116. The first-order valence-corrected chi connectivity index (χ1v) is 11.3. The van der Waals surface area contributed by atoms with Gasteiger partial charge in [0.2, 0.25) is 15.9 Å². The molecular formula is C24H24N2O4S. The van der Waals surface area contributed by atoms with Crippen molar-refractivity contribution in [2.45, 2.75) is 17.7 Å².